The van der Waals surface area contributed by atoms with Gasteiger partial charge in [-0.05, 0) is 37.7 Å². The second-order valence-corrected chi connectivity index (χ2v) is 6.01. The first-order chi connectivity index (χ1) is 11.8. The highest BCUT2D eigenvalue weighted by Crippen LogP contribution is 2.28. The highest BCUT2D eigenvalue weighted by Gasteiger charge is 2.21. The minimum atomic E-state index is -0.824. The van der Waals surface area contributed by atoms with Gasteiger partial charge in [-0.3, -0.25) is 20.2 Å². The van der Waals surface area contributed by atoms with Crippen LogP contribution >= 0.6 is 0 Å². The lowest BCUT2D eigenvalue weighted by Crippen LogP contribution is -2.13. The lowest BCUT2D eigenvalue weighted by atomic mass is 9.86. The number of allylic oxidation sites excluding steroid dienone is 2. The van der Waals surface area contributed by atoms with Crippen LogP contribution in [0.4, 0.5) is 11.4 Å². The Kier molecular flexibility index (Phi) is 5.63. The summed E-state index contributed by atoms with van der Waals surface area (Å²) in [5.41, 5.74) is 0.823. The van der Waals surface area contributed by atoms with Crippen molar-refractivity contribution in [3.63, 3.8) is 0 Å². The van der Waals surface area contributed by atoms with Gasteiger partial charge in [-0.25, -0.2) is 4.79 Å². The van der Waals surface area contributed by atoms with Crippen LogP contribution in [-0.2, 0) is 4.74 Å². The molecule has 1 aliphatic rings. The molecule has 2 rings (SSSR count). The SMILES string of the molecule is C=C(C)[C@@H]1CC=C(COC(=O)c2cc([N+](=O)[O-])cc([N+](=O)[O-])c2)CC1. The van der Waals surface area contributed by atoms with E-state index < -0.39 is 27.2 Å². The molecule has 0 radical (unpaired) electrons. The van der Waals surface area contributed by atoms with E-state index in [2.05, 4.69) is 6.58 Å². The number of rotatable bonds is 6. The molecule has 1 aromatic rings. The van der Waals surface area contributed by atoms with Gasteiger partial charge >= 0.3 is 5.97 Å². The van der Waals surface area contributed by atoms with Crippen molar-refractivity contribution in [1.29, 1.82) is 0 Å². The maximum atomic E-state index is 12.1. The zero-order valence-electron chi connectivity index (χ0n) is 13.8. The predicted octanol–water partition coefficient (Wildman–Crippen LogP) is 3.96. The molecule has 0 spiro atoms. The summed E-state index contributed by atoms with van der Waals surface area (Å²) < 4.78 is 5.16. The second kappa shape index (κ2) is 7.69. The molecular weight excluding hydrogens is 328 g/mol. The molecular formula is C17H18N2O6. The lowest BCUT2D eigenvalue weighted by molar-refractivity contribution is -0.394. The highest BCUT2D eigenvalue weighted by molar-refractivity contribution is 5.91. The smallest absolute Gasteiger partial charge is 0.338 e. The summed E-state index contributed by atoms with van der Waals surface area (Å²) in [7, 11) is 0. The Morgan fingerprint density at radius 1 is 1.24 bits per heavy atom. The Morgan fingerprint density at radius 3 is 2.28 bits per heavy atom. The average Bonchev–Trinajstić information content (AvgIpc) is 2.59. The Morgan fingerprint density at radius 2 is 1.84 bits per heavy atom. The van der Waals surface area contributed by atoms with Gasteiger partial charge in [0.25, 0.3) is 11.4 Å². The Balaban J connectivity index is 2.07. The molecule has 0 N–H and O–H groups in total. The monoisotopic (exact) mass is 346 g/mol. The number of carbonyl (C=O) groups is 1. The summed E-state index contributed by atoms with van der Waals surface area (Å²) in [4.78, 5) is 32.2. The Hall–Kier alpha value is -3.03. The van der Waals surface area contributed by atoms with Crippen LogP contribution in [0, 0.1) is 26.1 Å². The number of hydrogen-bond donors (Lipinski definition) is 0. The first-order valence-corrected chi connectivity index (χ1v) is 7.72. The number of hydrogen-bond acceptors (Lipinski definition) is 6. The molecule has 0 amide bonds. The molecule has 0 saturated carbocycles. The highest BCUT2D eigenvalue weighted by atomic mass is 16.6. The number of benzene rings is 1. The quantitative estimate of drug-likeness (QED) is 0.333. The topological polar surface area (TPSA) is 113 Å². The Bertz CT molecular complexity index is 736. The largest absolute Gasteiger partial charge is 0.458 e. The third-order valence-corrected chi connectivity index (χ3v) is 4.15. The fraction of sp³-hybridized carbons (Fsp3) is 0.353. The zero-order chi connectivity index (χ0) is 18.6. The van der Waals surface area contributed by atoms with Crippen molar-refractivity contribution in [1.82, 2.24) is 0 Å². The van der Waals surface area contributed by atoms with Gasteiger partial charge in [0.2, 0.25) is 0 Å². The third-order valence-electron chi connectivity index (χ3n) is 4.15. The molecule has 0 bridgehead atoms. The van der Waals surface area contributed by atoms with E-state index in [1.54, 1.807) is 0 Å². The van der Waals surface area contributed by atoms with Gasteiger partial charge in [-0.2, -0.15) is 0 Å². The van der Waals surface area contributed by atoms with E-state index in [4.69, 9.17) is 4.74 Å². The number of non-ortho nitro benzene ring substituents is 2. The standard InChI is InChI=1S/C17H18N2O6/c1-11(2)13-5-3-12(4-6-13)10-25-17(20)14-7-15(18(21)22)9-16(8-14)19(23)24/h3,7-9,13H,1,4-6,10H2,2H3/t13-/m1/s1. The molecule has 1 aliphatic carbocycles. The van der Waals surface area contributed by atoms with Crippen molar-refractivity contribution in [2.75, 3.05) is 6.61 Å². The van der Waals surface area contributed by atoms with Crippen molar-refractivity contribution in [3.8, 4) is 0 Å². The van der Waals surface area contributed by atoms with E-state index in [0.717, 1.165) is 48.6 Å². The second-order valence-electron chi connectivity index (χ2n) is 6.01. The van der Waals surface area contributed by atoms with Crippen molar-refractivity contribution in [3.05, 3.63) is 67.8 Å². The average molecular weight is 346 g/mol. The number of esters is 1. The summed E-state index contributed by atoms with van der Waals surface area (Å²) in [5, 5.41) is 21.7. The molecule has 1 atom stereocenters. The van der Waals surface area contributed by atoms with Crippen molar-refractivity contribution in [2.45, 2.75) is 26.2 Å². The summed E-state index contributed by atoms with van der Waals surface area (Å²) in [6.07, 6.45) is 4.55. The minimum absolute atomic E-state index is 0.0677. The molecule has 0 fully saturated rings. The first kappa shape index (κ1) is 18.3. The Labute approximate surface area is 144 Å². The van der Waals surface area contributed by atoms with E-state index in [9.17, 15) is 25.0 Å². The fourth-order valence-electron chi connectivity index (χ4n) is 2.63. The molecule has 0 saturated heterocycles. The minimum Gasteiger partial charge on any atom is -0.458 e. The molecule has 8 nitrogen and oxygen atoms in total. The van der Waals surface area contributed by atoms with Crippen LogP contribution < -0.4 is 0 Å². The number of nitro benzene ring substituents is 2. The van der Waals surface area contributed by atoms with Gasteiger partial charge in [0.1, 0.15) is 6.61 Å². The van der Waals surface area contributed by atoms with E-state index in [-0.39, 0.29) is 12.2 Å². The van der Waals surface area contributed by atoms with Crippen LogP contribution in [0.25, 0.3) is 0 Å². The van der Waals surface area contributed by atoms with Gasteiger partial charge in [-0.1, -0.05) is 18.2 Å². The van der Waals surface area contributed by atoms with Crippen LogP contribution in [0.5, 0.6) is 0 Å². The number of nitro groups is 2. The molecule has 0 aromatic heterocycles. The van der Waals surface area contributed by atoms with Gasteiger partial charge in [0, 0.05) is 12.1 Å². The maximum Gasteiger partial charge on any atom is 0.338 e. The van der Waals surface area contributed by atoms with Crippen LogP contribution in [0.2, 0.25) is 0 Å². The van der Waals surface area contributed by atoms with Gasteiger partial charge in [-0.15, -0.1) is 0 Å². The van der Waals surface area contributed by atoms with Crippen molar-refractivity contribution in [2.24, 2.45) is 5.92 Å². The van der Waals surface area contributed by atoms with Crippen LogP contribution in [-0.4, -0.2) is 22.4 Å². The summed E-state index contributed by atoms with van der Waals surface area (Å²) in [5.74, 6) is -0.395. The number of ether oxygens (including phenoxy) is 1. The van der Waals surface area contributed by atoms with Gasteiger partial charge < -0.3 is 4.74 Å². The molecule has 132 valence electrons. The molecule has 0 heterocycles. The first-order valence-electron chi connectivity index (χ1n) is 7.72. The molecule has 0 aliphatic heterocycles. The van der Waals surface area contributed by atoms with Crippen LogP contribution in [0.1, 0.15) is 36.5 Å². The third kappa shape index (κ3) is 4.72. The van der Waals surface area contributed by atoms with Gasteiger partial charge in [0.15, 0.2) is 0 Å². The molecule has 0 unspecified atom stereocenters. The fourth-order valence-corrected chi connectivity index (χ4v) is 2.63. The van der Waals surface area contributed by atoms with E-state index in [1.165, 1.54) is 0 Å². The summed E-state index contributed by atoms with van der Waals surface area (Å²) >= 11 is 0. The summed E-state index contributed by atoms with van der Waals surface area (Å²) in [6, 6.07) is 2.75. The molecule has 8 heteroatoms. The van der Waals surface area contributed by atoms with Crippen LogP contribution in [0.15, 0.2) is 42.0 Å². The maximum absolute atomic E-state index is 12.1. The molecule has 25 heavy (non-hydrogen) atoms. The lowest BCUT2D eigenvalue weighted by Gasteiger charge is -2.21. The normalized spacial score (nSPS) is 16.7. The van der Waals surface area contributed by atoms with Gasteiger partial charge in [0.05, 0.1) is 21.5 Å². The summed E-state index contributed by atoms with van der Waals surface area (Å²) in [6.45, 7) is 5.99. The van der Waals surface area contributed by atoms with Crippen LogP contribution in [0.3, 0.4) is 0 Å². The van der Waals surface area contributed by atoms with E-state index >= 15 is 0 Å². The van der Waals surface area contributed by atoms with Crippen molar-refractivity contribution < 1.29 is 19.4 Å². The number of nitrogens with zero attached hydrogens (tertiary/aromatic N) is 2. The van der Waals surface area contributed by atoms with Crippen molar-refractivity contribution >= 4 is 17.3 Å². The zero-order valence-corrected chi connectivity index (χ0v) is 13.8. The number of carbonyl (C=O) groups excluding carboxylic acids is 1. The van der Waals surface area contributed by atoms with E-state index in [0.29, 0.717) is 5.92 Å². The molecule has 1 aromatic carbocycles. The van der Waals surface area contributed by atoms with E-state index in [1.807, 2.05) is 13.0 Å². The predicted molar refractivity (Wildman–Crippen MR) is 90.3 cm³/mol.